The lowest BCUT2D eigenvalue weighted by Crippen LogP contribution is -2.54. The van der Waals surface area contributed by atoms with Crippen LogP contribution in [0.2, 0.25) is 0 Å². The van der Waals surface area contributed by atoms with Gasteiger partial charge in [0.1, 0.15) is 6.54 Å². The number of quaternary nitrogens is 1. The summed E-state index contributed by atoms with van der Waals surface area (Å²) in [5.41, 5.74) is 0. The summed E-state index contributed by atoms with van der Waals surface area (Å²) in [6, 6.07) is 0. The van der Waals surface area contributed by atoms with Crippen LogP contribution in [0, 0.1) is 12.3 Å². The van der Waals surface area contributed by atoms with Crippen LogP contribution in [0.25, 0.3) is 0 Å². The van der Waals surface area contributed by atoms with Crippen LogP contribution >= 0.6 is 0 Å². The van der Waals surface area contributed by atoms with E-state index in [1.165, 1.54) is 26.4 Å². The number of carbonyl (C=O) groups excluding carboxylic acids is 1. The molecule has 0 aromatic carbocycles. The van der Waals surface area contributed by atoms with Crippen molar-refractivity contribution >= 4 is 5.97 Å². The van der Waals surface area contributed by atoms with Crippen molar-refractivity contribution in [3.05, 3.63) is 0 Å². The van der Waals surface area contributed by atoms with Crippen LogP contribution in [0.15, 0.2) is 0 Å². The van der Waals surface area contributed by atoms with Gasteiger partial charge in [-0.1, -0.05) is 0 Å². The minimum Gasteiger partial charge on any atom is -0.465 e. The topological polar surface area (TPSA) is 26.3 Å². The smallest absolute Gasteiger partial charge is 0.361 e. The van der Waals surface area contributed by atoms with E-state index in [1.807, 2.05) is 0 Å². The summed E-state index contributed by atoms with van der Waals surface area (Å²) in [5, 5.41) is 0. The predicted molar refractivity (Wildman–Crippen MR) is 54.4 cm³/mol. The fraction of sp³-hybridized carbons (Fsp3) is 0.727. The molecule has 0 saturated carbocycles. The molecule has 1 rings (SSSR count). The third kappa shape index (κ3) is 2.74. The second kappa shape index (κ2) is 5.02. The van der Waals surface area contributed by atoms with E-state index in [0.29, 0.717) is 13.1 Å². The Morgan fingerprint density at radius 1 is 1.43 bits per heavy atom. The SMILES string of the molecule is C#CC[N+]1(CC(=O)OC)CCCCC1. The molecule has 0 spiro atoms. The number of esters is 1. The highest BCUT2D eigenvalue weighted by Crippen LogP contribution is 2.18. The minimum absolute atomic E-state index is 0.151. The summed E-state index contributed by atoms with van der Waals surface area (Å²) in [5.74, 6) is 2.52. The average molecular weight is 196 g/mol. The van der Waals surface area contributed by atoms with E-state index >= 15 is 0 Å². The van der Waals surface area contributed by atoms with Gasteiger partial charge in [-0.05, 0) is 25.2 Å². The predicted octanol–water partition coefficient (Wildman–Crippen LogP) is 0.793. The Hall–Kier alpha value is -1.01. The largest absolute Gasteiger partial charge is 0.465 e. The van der Waals surface area contributed by atoms with Crippen LogP contribution in [-0.4, -0.2) is 43.7 Å². The van der Waals surface area contributed by atoms with Gasteiger partial charge >= 0.3 is 5.97 Å². The summed E-state index contributed by atoms with van der Waals surface area (Å²) < 4.78 is 5.43. The first kappa shape index (κ1) is 11.1. The van der Waals surface area contributed by atoms with Crippen molar-refractivity contribution in [3.8, 4) is 12.3 Å². The highest BCUT2D eigenvalue weighted by molar-refractivity contribution is 5.70. The van der Waals surface area contributed by atoms with Crippen molar-refractivity contribution in [2.45, 2.75) is 19.3 Å². The van der Waals surface area contributed by atoms with Crippen molar-refractivity contribution in [3.63, 3.8) is 0 Å². The third-order valence-electron chi connectivity index (χ3n) is 2.88. The molecule has 1 saturated heterocycles. The van der Waals surface area contributed by atoms with E-state index in [2.05, 4.69) is 5.92 Å². The molecule has 78 valence electrons. The number of methoxy groups -OCH3 is 1. The van der Waals surface area contributed by atoms with Gasteiger partial charge in [0.15, 0.2) is 6.54 Å². The molecule has 0 radical (unpaired) electrons. The van der Waals surface area contributed by atoms with Crippen molar-refractivity contribution in [2.24, 2.45) is 0 Å². The van der Waals surface area contributed by atoms with Gasteiger partial charge in [-0.2, -0.15) is 0 Å². The number of nitrogens with zero attached hydrogens (tertiary/aromatic N) is 1. The third-order valence-corrected chi connectivity index (χ3v) is 2.88. The molecule has 1 aliphatic rings. The minimum atomic E-state index is -0.151. The van der Waals surface area contributed by atoms with Gasteiger partial charge in [0.2, 0.25) is 0 Å². The van der Waals surface area contributed by atoms with Crippen molar-refractivity contribution in [2.75, 3.05) is 33.3 Å². The van der Waals surface area contributed by atoms with Crippen LogP contribution in [0.1, 0.15) is 19.3 Å². The van der Waals surface area contributed by atoms with Gasteiger partial charge in [-0.25, -0.2) is 4.79 Å². The standard InChI is InChI=1S/C11H18NO2/c1-3-7-12(10-11(13)14-2)8-5-4-6-9-12/h1H,4-10H2,2H3/q+1. The molecule has 0 atom stereocenters. The fourth-order valence-corrected chi connectivity index (χ4v) is 2.09. The first-order valence-electron chi connectivity index (χ1n) is 5.08. The maximum atomic E-state index is 11.3. The number of terminal acetylenes is 1. The Balaban J connectivity index is 2.61. The monoisotopic (exact) mass is 196 g/mol. The maximum Gasteiger partial charge on any atom is 0.361 e. The van der Waals surface area contributed by atoms with E-state index < -0.39 is 0 Å². The van der Waals surface area contributed by atoms with Crippen LogP contribution in [0.3, 0.4) is 0 Å². The molecular formula is C11H18NO2+. The van der Waals surface area contributed by atoms with Crippen LogP contribution in [0.5, 0.6) is 0 Å². The lowest BCUT2D eigenvalue weighted by molar-refractivity contribution is -0.919. The van der Waals surface area contributed by atoms with Crippen LogP contribution in [-0.2, 0) is 9.53 Å². The van der Waals surface area contributed by atoms with Gasteiger partial charge < -0.3 is 9.22 Å². The number of hydrogen-bond donors (Lipinski definition) is 0. The number of rotatable bonds is 3. The van der Waals surface area contributed by atoms with E-state index in [-0.39, 0.29) is 5.97 Å². The van der Waals surface area contributed by atoms with Crippen molar-refractivity contribution in [1.29, 1.82) is 0 Å². The molecule has 0 aliphatic carbocycles. The van der Waals surface area contributed by atoms with Crippen molar-refractivity contribution in [1.82, 2.24) is 0 Å². The highest BCUT2D eigenvalue weighted by atomic mass is 16.5. The molecule has 3 nitrogen and oxygen atoms in total. The van der Waals surface area contributed by atoms with Crippen molar-refractivity contribution < 1.29 is 14.0 Å². The van der Waals surface area contributed by atoms with E-state index in [1.54, 1.807) is 0 Å². The molecule has 1 aliphatic heterocycles. The average Bonchev–Trinajstić information content (AvgIpc) is 2.19. The Morgan fingerprint density at radius 3 is 2.57 bits per heavy atom. The summed E-state index contributed by atoms with van der Waals surface area (Å²) in [7, 11) is 1.43. The Morgan fingerprint density at radius 2 is 2.07 bits per heavy atom. The second-order valence-electron chi connectivity index (χ2n) is 3.95. The molecular weight excluding hydrogens is 178 g/mol. The quantitative estimate of drug-likeness (QED) is 0.379. The number of ether oxygens (including phenoxy) is 1. The normalized spacial score (nSPS) is 19.7. The maximum absolute atomic E-state index is 11.3. The molecule has 14 heavy (non-hydrogen) atoms. The highest BCUT2D eigenvalue weighted by Gasteiger charge is 2.31. The molecule has 0 unspecified atom stereocenters. The van der Waals surface area contributed by atoms with E-state index in [4.69, 9.17) is 11.2 Å². The molecule has 0 aromatic rings. The molecule has 0 N–H and O–H groups in total. The first-order valence-corrected chi connectivity index (χ1v) is 5.08. The lowest BCUT2D eigenvalue weighted by atomic mass is 10.1. The van der Waals surface area contributed by atoms with Gasteiger partial charge in [-0.3, -0.25) is 0 Å². The van der Waals surface area contributed by atoms with Crippen LogP contribution in [0.4, 0.5) is 0 Å². The zero-order valence-electron chi connectivity index (χ0n) is 8.79. The fourth-order valence-electron chi connectivity index (χ4n) is 2.09. The van der Waals surface area contributed by atoms with Gasteiger partial charge in [0.05, 0.1) is 20.2 Å². The molecule has 3 heteroatoms. The molecule has 0 aromatic heterocycles. The Kier molecular flexibility index (Phi) is 3.97. The second-order valence-corrected chi connectivity index (χ2v) is 3.95. The number of likely N-dealkylation sites (tertiary alicyclic amines) is 1. The van der Waals surface area contributed by atoms with E-state index in [0.717, 1.165) is 17.6 Å². The lowest BCUT2D eigenvalue weighted by Gasteiger charge is -2.38. The van der Waals surface area contributed by atoms with Gasteiger partial charge in [0, 0.05) is 0 Å². The number of hydrogen-bond acceptors (Lipinski definition) is 2. The number of piperidine rings is 1. The Labute approximate surface area is 85.6 Å². The molecule has 1 fully saturated rings. The van der Waals surface area contributed by atoms with Gasteiger partial charge in [0.25, 0.3) is 0 Å². The molecule has 0 amide bonds. The van der Waals surface area contributed by atoms with Gasteiger partial charge in [-0.15, -0.1) is 6.42 Å². The summed E-state index contributed by atoms with van der Waals surface area (Å²) >= 11 is 0. The zero-order valence-corrected chi connectivity index (χ0v) is 8.79. The number of carbonyl (C=O) groups is 1. The van der Waals surface area contributed by atoms with E-state index in [9.17, 15) is 4.79 Å². The molecule has 0 bridgehead atoms. The summed E-state index contributed by atoms with van der Waals surface area (Å²) in [4.78, 5) is 11.3. The zero-order chi connectivity index (χ0) is 10.4. The van der Waals surface area contributed by atoms with Crippen LogP contribution < -0.4 is 0 Å². The summed E-state index contributed by atoms with van der Waals surface area (Å²) in [6.45, 7) is 3.11. The molecule has 1 heterocycles. The summed E-state index contributed by atoms with van der Waals surface area (Å²) in [6.07, 6.45) is 8.93. The first-order chi connectivity index (χ1) is 6.72. The Bertz CT molecular complexity index is 236.